The number of morpholine rings is 1. The van der Waals surface area contributed by atoms with Crippen molar-refractivity contribution in [3.63, 3.8) is 0 Å². The summed E-state index contributed by atoms with van der Waals surface area (Å²) >= 11 is 5.88. The van der Waals surface area contributed by atoms with Gasteiger partial charge in [-0.25, -0.2) is 0 Å². The average Bonchev–Trinajstić information content (AvgIpc) is 2.26. The Morgan fingerprint density at radius 3 is 2.76 bits per heavy atom. The van der Waals surface area contributed by atoms with Gasteiger partial charge in [0.05, 0.1) is 31.5 Å². The maximum absolute atomic E-state index is 5.88. The van der Waals surface area contributed by atoms with Crippen LogP contribution in [0.3, 0.4) is 0 Å². The molecular formula is C12H24ClNO3. The molecule has 102 valence electrons. The lowest BCUT2D eigenvalue weighted by Crippen LogP contribution is -2.54. The van der Waals surface area contributed by atoms with Crippen LogP contribution in [-0.2, 0) is 14.2 Å². The van der Waals surface area contributed by atoms with E-state index in [0.717, 1.165) is 26.2 Å². The Balaban J connectivity index is 2.23. The maximum atomic E-state index is 5.88. The fourth-order valence-corrected chi connectivity index (χ4v) is 2.27. The molecule has 5 heteroatoms. The molecule has 0 saturated carbocycles. The predicted octanol–water partition coefficient (Wildman–Crippen LogP) is 1.37. The third-order valence-corrected chi connectivity index (χ3v) is 3.05. The highest BCUT2D eigenvalue weighted by Gasteiger charge is 2.32. The molecule has 0 bridgehead atoms. The fourth-order valence-electron chi connectivity index (χ4n) is 2.11. The largest absolute Gasteiger partial charge is 0.382 e. The molecular weight excluding hydrogens is 242 g/mol. The highest BCUT2D eigenvalue weighted by molar-refractivity contribution is 6.18. The molecule has 0 aromatic carbocycles. The number of rotatable bonds is 7. The number of methoxy groups -OCH3 is 1. The van der Waals surface area contributed by atoms with Crippen molar-refractivity contribution in [3.8, 4) is 0 Å². The van der Waals surface area contributed by atoms with Gasteiger partial charge in [-0.1, -0.05) is 0 Å². The minimum atomic E-state index is -0.121. The molecule has 17 heavy (non-hydrogen) atoms. The third-order valence-electron chi connectivity index (χ3n) is 2.71. The summed E-state index contributed by atoms with van der Waals surface area (Å²) in [4.78, 5) is 2.35. The standard InChI is InChI=1S/C12H24ClNO3/c1-12(2)10-14(9-11(8-13)17-12)4-5-16-7-6-15-3/h11H,4-10H2,1-3H3. The summed E-state index contributed by atoms with van der Waals surface area (Å²) in [6.45, 7) is 8.98. The SMILES string of the molecule is COCCOCCN1CC(CCl)OC(C)(C)C1. The topological polar surface area (TPSA) is 30.9 Å². The zero-order valence-corrected chi connectivity index (χ0v) is 11.8. The number of hydrogen-bond donors (Lipinski definition) is 0. The minimum absolute atomic E-state index is 0.121. The summed E-state index contributed by atoms with van der Waals surface area (Å²) in [5.74, 6) is 0.546. The van der Waals surface area contributed by atoms with Crippen molar-refractivity contribution < 1.29 is 14.2 Å². The Hall–Kier alpha value is 0.130. The summed E-state index contributed by atoms with van der Waals surface area (Å²) < 4.78 is 16.3. The Morgan fingerprint density at radius 1 is 1.35 bits per heavy atom. The van der Waals surface area contributed by atoms with E-state index in [9.17, 15) is 0 Å². The second kappa shape index (κ2) is 7.54. The lowest BCUT2D eigenvalue weighted by Gasteiger charge is -2.42. The van der Waals surface area contributed by atoms with Crippen LogP contribution >= 0.6 is 11.6 Å². The summed E-state index contributed by atoms with van der Waals surface area (Å²) in [6.07, 6.45) is 0.124. The van der Waals surface area contributed by atoms with E-state index >= 15 is 0 Å². The number of ether oxygens (including phenoxy) is 3. The van der Waals surface area contributed by atoms with Crippen LogP contribution in [-0.4, -0.2) is 69.0 Å². The number of hydrogen-bond acceptors (Lipinski definition) is 4. The van der Waals surface area contributed by atoms with Gasteiger partial charge in [-0.15, -0.1) is 11.6 Å². The molecule has 1 atom stereocenters. The number of alkyl halides is 1. The number of halogens is 1. The zero-order valence-electron chi connectivity index (χ0n) is 11.1. The molecule has 1 rings (SSSR count). The van der Waals surface area contributed by atoms with Gasteiger partial charge >= 0.3 is 0 Å². The van der Waals surface area contributed by atoms with Crippen LogP contribution < -0.4 is 0 Å². The molecule has 1 unspecified atom stereocenters. The molecule has 1 saturated heterocycles. The first-order valence-electron chi connectivity index (χ1n) is 6.10. The van der Waals surface area contributed by atoms with E-state index in [0.29, 0.717) is 19.1 Å². The van der Waals surface area contributed by atoms with Crippen LogP contribution in [0.5, 0.6) is 0 Å². The van der Waals surface area contributed by atoms with Crippen LogP contribution in [0.25, 0.3) is 0 Å². The van der Waals surface area contributed by atoms with Gasteiger partial charge in [0.2, 0.25) is 0 Å². The van der Waals surface area contributed by atoms with E-state index in [1.165, 1.54) is 0 Å². The first kappa shape index (κ1) is 15.2. The van der Waals surface area contributed by atoms with Crippen molar-refractivity contribution in [3.05, 3.63) is 0 Å². The van der Waals surface area contributed by atoms with Crippen molar-refractivity contribution in [2.45, 2.75) is 25.6 Å². The molecule has 0 N–H and O–H groups in total. The van der Waals surface area contributed by atoms with Crippen LogP contribution in [0.15, 0.2) is 0 Å². The van der Waals surface area contributed by atoms with Crippen molar-refractivity contribution in [2.75, 3.05) is 52.4 Å². The Morgan fingerprint density at radius 2 is 2.12 bits per heavy atom. The van der Waals surface area contributed by atoms with Gasteiger partial charge in [-0.2, -0.15) is 0 Å². The Kier molecular flexibility index (Phi) is 6.74. The summed E-state index contributed by atoms with van der Waals surface area (Å²) in [6, 6.07) is 0. The Labute approximate surface area is 109 Å². The first-order valence-corrected chi connectivity index (χ1v) is 6.63. The lowest BCUT2D eigenvalue weighted by atomic mass is 10.1. The molecule has 0 aromatic heterocycles. The van der Waals surface area contributed by atoms with Gasteiger partial charge < -0.3 is 14.2 Å². The lowest BCUT2D eigenvalue weighted by molar-refractivity contribution is -0.130. The van der Waals surface area contributed by atoms with Gasteiger partial charge in [0.25, 0.3) is 0 Å². The van der Waals surface area contributed by atoms with E-state index in [-0.39, 0.29) is 11.7 Å². The van der Waals surface area contributed by atoms with Crippen LogP contribution in [0.1, 0.15) is 13.8 Å². The maximum Gasteiger partial charge on any atom is 0.0844 e. The summed E-state index contributed by atoms with van der Waals surface area (Å²) in [5.41, 5.74) is -0.121. The van der Waals surface area contributed by atoms with E-state index in [2.05, 4.69) is 18.7 Å². The highest BCUT2D eigenvalue weighted by Crippen LogP contribution is 2.21. The fraction of sp³-hybridized carbons (Fsp3) is 1.00. The molecule has 0 aliphatic carbocycles. The van der Waals surface area contributed by atoms with Gasteiger partial charge in [0.1, 0.15) is 0 Å². The second-order valence-corrected chi connectivity index (χ2v) is 5.30. The molecule has 4 nitrogen and oxygen atoms in total. The third kappa shape index (κ3) is 6.02. The molecule has 0 spiro atoms. The number of nitrogens with zero attached hydrogens (tertiary/aromatic N) is 1. The molecule has 0 radical (unpaired) electrons. The molecule has 1 aliphatic heterocycles. The second-order valence-electron chi connectivity index (χ2n) is 4.99. The normalized spacial score (nSPS) is 25.1. The van der Waals surface area contributed by atoms with Gasteiger partial charge in [-0.05, 0) is 13.8 Å². The van der Waals surface area contributed by atoms with Crippen molar-refractivity contribution >= 4 is 11.6 Å². The molecule has 0 aromatic rings. The predicted molar refractivity (Wildman–Crippen MR) is 68.8 cm³/mol. The van der Waals surface area contributed by atoms with Gasteiger partial charge in [0, 0.05) is 32.6 Å². The van der Waals surface area contributed by atoms with E-state index in [1.807, 2.05) is 0 Å². The molecule has 1 fully saturated rings. The Bertz CT molecular complexity index is 214. The van der Waals surface area contributed by atoms with Gasteiger partial charge in [0.15, 0.2) is 0 Å². The molecule has 1 heterocycles. The van der Waals surface area contributed by atoms with E-state index < -0.39 is 0 Å². The van der Waals surface area contributed by atoms with E-state index in [4.69, 9.17) is 25.8 Å². The average molecular weight is 266 g/mol. The molecule has 1 aliphatic rings. The summed E-state index contributed by atoms with van der Waals surface area (Å²) in [7, 11) is 1.68. The van der Waals surface area contributed by atoms with Crippen LogP contribution in [0.2, 0.25) is 0 Å². The van der Waals surface area contributed by atoms with E-state index in [1.54, 1.807) is 7.11 Å². The quantitative estimate of drug-likeness (QED) is 0.514. The zero-order chi connectivity index (χ0) is 12.7. The minimum Gasteiger partial charge on any atom is -0.382 e. The van der Waals surface area contributed by atoms with Crippen molar-refractivity contribution in [2.24, 2.45) is 0 Å². The van der Waals surface area contributed by atoms with Crippen molar-refractivity contribution in [1.29, 1.82) is 0 Å². The van der Waals surface area contributed by atoms with Crippen LogP contribution in [0.4, 0.5) is 0 Å². The van der Waals surface area contributed by atoms with Crippen molar-refractivity contribution in [1.82, 2.24) is 4.90 Å². The first-order chi connectivity index (χ1) is 8.07. The van der Waals surface area contributed by atoms with Gasteiger partial charge in [-0.3, -0.25) is 4.90 Å². The monoisotopic (exact) mass is 265 g/mol. The summed E-state index contributed by atoms with van der Waals surface area (Å²) in [5, 5.41) is 0. The molecule has 0 amide bonds. The smallest absolute Gasteiger partial charge is 0.0844 e. The van der Waals surface area contributed by atoms with Crippen LogP contribution in [0, 0.1) is 0 Å². The highest BCUT2D eigenvalue weighted by atomic mass is 35.5.